The number of methoxy groups -OCH3 is 3. The lowest BCUT2D eigenvalue weighted by molar-refractivity contribution is -0.0509. The summed E-state index contributed by atoms with van der Waals surface area (Å²) in [6.45, 7) is 23.9. The highest BCUT2D eigenvalue weighted by molar-refractivity contribution is 7.92. The molecule has 17 N–H and O–H groups in total. The zero-order chi connectivity index (χ0) is 108. The van der Waals surface area contributed by atoms with E-state index in [1.807, 2.05) is 254 Å². The molecule has 29 nitrogen and oxygen atoms in total. The number of nitrogens with two attached hydrogens (primary N) is 5. The second kappa shape index (κ2) is 66.3. The maximum atomic E-state index is 12.0. The predicted molar refractivity (Wildman–Crippen MR) is 561 cm³/mol. The summed E-state index contributed by atoms with van der Waals surface area (Å²) < 4.78 is 124. The number of carbonyl (C=O) groups is 7. The van der Waals surface area contributed by atoms with Gasteiger partial charge in [-0.1, -0.05) is 183 Å². The summed E-state index contributed by atoms with van der Waals surface area (Å²) in [5.74, 6) is -0.195. The Morgan fingerprint density at radius 1 is 0.357 bits per heavy atom. The Morgan fingerprint density at radius 3 is 1.02 bits per heavy atom. The van der Waals surface area contributed by atoms with Crippen LogP contribution in [0.2, 0.25) is 0 Å². The largest absolute Gasteiger partial charge is 0.496 e. The fourth-order valence-corrected chi connectivity index (χ4v) is 12.6. The Balaban J connectivity index is 0.000000782. The Kier molecular flexibility index (Phi) is 58.3. The molecule has 0 radical (unpaired) electrons. The van der Waals surface area contributed by atoms with Crippen molar-refractivity contribution in [1.29, 1.82) is 0 Å². The van der Waals surface area contributed by atoms with Crippen molar-refractivity contribution in [2.24, 2.45) is 17.2 Å². The van der Waals surface area contributed by atoms with Crippen LogP contribution in [-0.2, 0) is 33.2 Å². The Bertz CT molecular complexity index is 6220. The lowest BCUT2D eigenvalue weighted by atomic mass is 10.1. The van der Waals surface area contributed by atoms with Crippen molar-refractivity contribution >= 4 is 78.5 Å². The van der Waals surface area contributed by atoms with Crippen LogP contribution in [-0.4, -0.2) is 144 Å². The van der Waals surface area contributed by atoms with Gasteiger partial charge >= 0.3 is 13.2 Å². The van der Waals surface area contributed by atoms with Crippen LogP contribution < -0.4 is 87.8 Å². The van der Waals surface area contributed by atoms with Gasteiger partial charge < -0.3 is 83.5 Å². The highest BCUT2D eigenvalue weighted by Crippen LogP contribution is 2.26. The van der Waals surface area contributed by atoms with Crippen LogP contribution in [0, 0.1) is 83.1 Å². The van der Waals surface area contributed by atoms with Gasteiger partial charge in [-0.25, -0.2) is 21.6 Å². The Labute approximate surface area is 838 Å². The second-order valence-electron chi connectivity index (χ2n) is 31.9. The number of halogens is 4. The first kappa shape index (κ1) is 126. The molecule has 0 unspecified atom stereocenters. The first-order valence-corrected chi connectivity index (χ1v) is 48.0. The molecule has 0 aliphatic rings. The third-order valence-corrected chi connectivity index (χ3v) is 19.8. The number of sulfonamides is 2. The van der Waals surface area contributed by atoms with Gasteiger partial charge in [-0.2, -0.15) is 17.6 Å². The van der Waals surface area contributed by atoms with Gasteiger partial charge in [-0.3, -0.25) is 38.3 Å². The number of anilines is 3. The molecule has 0 atom stereocenters. The Morgan fingerprint density at radius 2 is 0.678 bits per heavy atom. The zero-order valence-electron chi connectivity index (χ0n) is 85.2. The van der Waals surface area contributed by atoms with Crippen LogP contribution >= 0.6 is 0 Å². The van der Waals surface area contributed by atoms with E-state index in [0.717, 1.165) is 96.4 Å². The fraction of sp³-hybridized carbons (Fsp3) is 0.269. The summed E-state index contributed by atoms with van der Waals surface area (Å²) in [5.41, 5.74) is 45.9. The van der Waals surface area contributed by atoms with Crippen LogP contribution in [0.15, 0.2) is 255 Å². The molecule has 0 bridgehead atoms. The summed E-state index contributed by atoms with van der Waals surface area (Å²) in [7, 11) is 3.10. The second-order valence-corrected chi connectivity index (χ2v) is 35.5. The smallest absolute Gasteiger partial charge is 0.387 e. The number of ether oxygens (including phenoxy) is 6. The van der Waals surface area contributed by atoms with E-state index in [9.17, 15) is 68.0 Å². The standard InChI is InChI=1S/C11H15NO.C10H11F2NO2.2C10H13NO2.C9H9F2NO2.C9H13NO2S.C9H11NO2.C9H11NO.C9H12O2.C8H11NO2S.2C7H9N/c1-8(2)12-11(13)10-6-4-5-9(3)7-10;1-6-3-4-8(15-10(11)12)7(5-6)9(14)13-2;1-7-4-5-9(13-3)8(6-7)10(12)11-2;1-3-13-9-5-4-7(2)6-8(9)10(11)12;1-5-2-3-7(14-9(10)11)6(4-5)8(12)13;1-8-3-5-9(6-4-8)7-10-13(2,11)12;1-6-3-4-8(12-2)7(5-6)9(10)11;1-7-4-3-5-8(6-7)9(11)10-2;1-7-3-4-9(11-2)8(5-7)6-10;1-7-4-3-5-8(6-7)9-12(2,10)11;1-6-2-4-7(8)5-3-6;1-6-3-2-4-7(8)5-6/h4-8H,1-3H3,(H,12,13);3-5,10H,1-2H3,(H,13,14);4-6H,1-3H3,(H,11,12);4-6H,3H2,1-2H3,(H2,11,12);2-4,9H,1H3,(H2,12,13);3-6,10H,7H2,1-2H3;3-5H,1-2H3,(H2,10,11);3-6H,1-2H3,(H,10,11);3-5,10H,6H2,1-2H3;3-6,9H,1-2H3;2*2-5H,8H2,1H3. The molecule has 0 saturated carbocycles. The van der Waals surface area contributed by atoms with Crippen molar-refractivity contribution in [2.75, 3.05) is 77.8 Å². The number of alkyl halides is 4. The third-order valence-electron chi connectivity index (χ3n) is 18.5. The number of amides is 7. The summed E-state index contributed by atoms with van der Waals surface area (Å²) in [6, 6.07) is 76.4. The molecule has 0 saturated heterocycles. The van der Waals surface area contributed by atoms with E-state index in [-0.39, 0.29) is 53.0 Å². The van der Waals surface area contributed by atoms with Gasteiger partial charge in [-0.05, 0) is 248 Å². The minimum atomic E-state index is -3.14. The Hall–Kier alpha value is -15.3. The average Bonchev–Trinajstić information content (AvgIpc) is 0.861. The first-order chi connectivity index (χ1) is 67.1. The lowest BCUT2D eigenvalue weighted by Gasteiger charge is -2.10. The van der Waals surface area contributed by atoms with Crippen molar-refractivity contribution in [2.45, 2.75) is 136 Å². The van der Waals surface area contributed by atoms with Gasteiger partial charge in [0.05, 0.1) is 74.9 Å². The van der Waals surface area contributed by atoms with Gasteiger partial charge in [0.15, 0.2) is 0 Å². The first-order valence-electron chi connectivity index (χ1n) is 44.2. The molecule has 0 spiro atoms. The third kappa shape index (κ3) is 54.2. The number of benzene rings is 12. The van der Waals surface area contributed by atoms with Crippen molar-refractivity contribution in [3.63, 3.8) is 0 Å². The molecule has 12 rings (SSSR count). The van der Waals surface area contributed by atoms with E-state index in [4.69, 9.17) is 52.7 Å². The number of aliphatic hydroxyl groups excluding tert-OH is 1. The van der Waals surface area contributed by atoms with Crippen LogP contribution in [0.25, 0.3) is 0 Å². The number of hydrogen-bond acceptors (Lipinski definition) is 20. The highest BCUT2D eigenvalue weighted by Gasteiger charge is 2.18. The number of primary amides is 3. The van der Waals surface area contributed by atoms with E-state index in [1.165, 1.54) is 55.1 Å². The highest BCUT2D eigenvalue weighted by atomic mass is 32.2. The fourth-order valence-electron chi connectivity index (χ4n) is 11.6. The molecule has 7 amide bonds. The van der Waals surface area contributed by atoms with Gasteiger partial charge in [0.25, 0.3) is 41.4 Å². The number of aliphatic hydroxyl groups is 1. The maximum Gasteiger partial charge on any atom is 0.387 e. The topological polar surface area (TPSA) is 466 Å². The number of rotatable bonds is 23. The average molecular weight is 2020 g/mol. The van der Waals surface area contributed by atoms with Crippen LogP contribution in [0.4, 0.5) is 34.6 Å². The molecule has 0 fully saturated rings. The molecule has 12 aromatic rings. The van der Waals surface area contributed by atoms with Crippen molar-refractivity contribution in [3.8, 4) is 34.5 Å². The summed E-state index contributed by atoms with van der Waals surface area (Å²) in [5, 5.41) is 19.2. The molecule has 0 aliphatic carbocycles. The molecule has 0 aliphatic heterocycles. The van der Waals surface area contributed by atoms with E-state index in [0.29, 0.717) is 58.3 Å². The van der Waals surface area contributed by atoms with E-state index < -0.39 is 56.9 Å². The van der Waals surface area contributed by atoms with Crippen molar-refractivity contribution < 1.29 is 101 Å². The minimum Gasteiger partial charge on any atom is -0.496 e. The van der Waals surface area contributed by atoms with Gasteiger partial charge in [0.2, 0.25) is 20.0 Å². The van der Waals surface area contributed by atoms with Crippen LogP contribution in [0.1, 0.15) is 171 Å². The van der Waals surface area contributed by atoms with E-state index in [2.05, 4.69) is 40.2 Å². The lowest BCUT2D eigenvalue weighted by Crippen LogP contribution is -2.30. The molecule has 12 aromatic carbocycles. The molecule has 143 heavy (non-hydrogen) atoms. The zero-order valence-corrected chi connectivity index (χ0v) is 86.8. The van der Waals surface area contributed by atoms with Gasteiger partial charge in [0, 0.05) is 67.5 Å². The molecule has 35 heteroatoms. The quantitative estimate of drug-likeness (QED) is 0.0209. The van der Waals surface area contributed by atoms with Crippen molar-refractivity contribution in [3.05, 3.63) is 372 Å². The maximum absolute atomic E-state index is 12.0. The molecule has 0 heterocycles. The normalized spacial score (nSPS) is 10.0. The van der Waals surface area contributed by atoms with Gasteiger partial charge in [-0.15, -0.1) is 0 Å². The minimum absolute atomic E-state index is 0.00120. The van der Waals surface area contributed by atoms with E-state index >= 15 is 0 Å². The van der Waals surface area contributed by atoms with E-state index in [1.54, 1.807) is 109 Å². The van der Waals surface area contributed by atoms with Crippen LogP contribution in [0.3, 0.4) is 0 Å². The molecular weight excluding hydrogens is 1880 g/mol. The van der Waals surface area contributed by atoms with Crippen LogP contribution in [0.5, 0.6) is 34.5 Å². The summed E-state index contributed by atoms with van der Waals surface area (Å²) >= 11 is 0. The SMILES string of the molecule is CCOc1ccc(C)cc1C(N)=O.CNC(=O)c1cc(C)ccc1OC.CNC(=O)c1cc(C)ccc1OC(F)F.CNC(=O)c1cccc(C)c1.COc1ccc(C)cc1C(N)=O.COc1ccc(C)cc1CO.Cc1ccc(CNS(C)(=O)=O)cc1.Cc1ccc(N)cc1.Cc1ccc(OC(F)F)c(C(N)=O)c1.Cc1cccc(C(=O)NC(C)C)c1.Cc1cccc(N)c1.Cc1cccc(NS(C)(=O)=O)c1. The van der Waals surface area contributed by atoms with Crippen molar-refractivity contribution in [1.82, 2.24) is 26.0 Å². The molecular formula is C108H137F4N11O18S2. The van der Waals surface area contributed by atoms with Gasteiger partial charge in [0.1, 0.15) is 34.5 Å². The number of aryl methyl sites for hydroxylation is 12. The molecule has 0 aromatic heterocycles. The molecule has 772 valence electrons. The monoisotopic (exact) mass is 2020 g/mol. The predicted octanol–water partition coefficient (Wildman–Crippen LogP) is 18.2. The number of nitrogen functional groups attached to an aromatic ring is 2. The number of hydrogen-bond donors (Lipinski definition) is 12. The summed E-state index contributed by atoms with van der Waals surface area (Å²) in [4.78, 5) is 78.0. The summed E-state index contributed by atoms with van der Waals surface area (Å²) in [6.07, 6.45) is 2.29. The number of nitrogens with one attached hydrogen (secondary N) is 6. The number of carbonyl (C=O) groups excluding carboxylic acids is 7.